The molecular weight excluding hydrogens is 402 g/mol. The zero-order valence-corrected chi connectivity index (χ0v) is 16.5. The number of carbonyl (C=O) groups excluding carboxylic acids is 2. The smallest absolute Gasteiger partial charge is 0.338 e. The summed E-state index contributed by atoms with van der Waals surface area (Å²) in [6, 6.07) is 7.87. The molecule has 0 saturated carbocycles. The van der Waals surface area contributed by atoms with Crippen molar-refractivity contribution in [3.63, 3.8) is 0 Å². The molecule has 0 aliphatic carbocycles. The van der Waals surface area contributed by atoms with Crippen molar-refractivity contribution in [1.82, 2.24) is 0 Å². The maximum atomic E-state index is 12.4. The van der Waals surface area contributed by atoms with Crippen molar-refractivity contribution in [3.8, 4) is 23.0 Å². The molecule has 0 unspecified atom stereocenters. The lowest BCUT2D eigenvalue weighted by Gasteiger charge is -2.13. The summed E-state index contributed by atoms with van der Waals surface area (Å²) in [5, 5.41) is 0.396. The predicted octanol–water partition coefficient (Wildman–Crippen LogP) is 2.73. The molecule has 1 amide bonds. The van der Waals surface area contributed by atoms with Crippen molar-refractivity contribution in [2.75, 3.05) is 26.9 Å². The van der Waals surface area contributed by atoms with E-state index in [0.29, 0.717) is 35.3 Å². The zero-order valence-electron chi connectivity index (χ0n) is 15.7. The Morgan fingerprint density at radius 2 is 1.93 bits per heavy atom. The molecule has 8 nitrogen and oxygen atoms in total. The number of nitrogens with two attached hydrogens (primary N) is 1. The van der Waals surface area contributed by atoms with E-state index in [9.17, 15) is 9.59 Å². The minimum Gasteiger partial charge on any atom is -0.493 e. The summed E-state index contributed by atoms with van der Waals surface area (Å²) >= 11 is 6.25. The molecule has 3 rings (SSSR count). The van der Waals surface area contributed by atoms with E-state index in [1.54, 1.807) is 12.1 Å². The highest BCUT2D eigenvalue weighted by atomic mass is 35.5. The maximum Gasteiger partial charge on any atom is 0.338 e. The highest BCUT2D eigenvalue weighted by Gasteiger charge is 2.17. The molecule has 2 aromatic carbocycles. The molecule has 0 spiro atoms. The molecule has 2 aromatic rings. The molecule has 2 N–H and O–H groups in total. The van der Waals surface area contributed by atoms with Gasteiger partial charge in [-0.15, -0.1) is 0 Å². The number of fused-ring (bicyclic) bond motifs is 1. The number of rotatable bonds is 7. The Morgan fingerprint density at radius 3 is 2.69 bits per heavy atom. The van der Waals surface area contributed by atoms with Crippen LogP contribution in [0.3, 0.4) is 0 Å². The molecule has 0 bridgehead atoms. The van der Waals surface area contributed by atoms with E-state index in [2.05, 4.69) is 0 Å². The van der Waals surface area contributed by atoms with E-state index in [-0.39, 0.29) is 30.3 Å². The molecule has 0 aromatic heterocycles. The number of hydrogen-bond acceptors (Lipinski definition) is 7. The number of esters is 1. The van der Waals surface area contributed by atoms with Gasteiger partial charge in [-0.1, -0.05) is 11.6 Å². The number of methoxy groups -OCH3 is 1. The number of hydrogen-bond donors (Lipinski definition) is 1. The first-order valence-corrected chi connectivity index (χ1v) is 9.20. The van der Waals surface area contributed by atoms with Gasteiger partial charge in [-0.2, -0.15) is 0 Å². The molecule has 0 saturated heterocycles. The van der Waals surface area contributed by atoms with E-state index in [1.165, 1.54) is 25.3 Å². The molecule has 29 heavy (non-hydrogen) atoms. The van der Waals surface area contributed by atoms with Crippen molar-refractivity contribution in [2.45, 2.75) is 13.0 Å². The molecule has 1 heterocycles. The van der Waals surface area contributed by atoms with Crippen molar-refractivity contribution in [3.05, 3.63) is 46.5 Å². The van der Waals surface area contributed by atoms with Gasteiger partial charge in [0, 0.05) is 6.42 Å². The van der Waals surface area contributed by atoms with Crippen LogP contribution in [0.2, 0.25) is 5.02 Å². The lowest BCUT2D eigenvalue weighted by molar-refractivity contribution is -0.119. The number of benzene rings is 2. The second-order valence-corrected chi connectivity index (χ2v) is 6.56. The highest BCUT2D eigenvalue weighted by Crippen LogP contribution is 2.38. The predicted molar refractivity (Wildman–Crippen MR) is 104 cm³/mol. The molecule has 0 radical (unpaired) electrons. The van der Waals surface area contributed by atoms with Crippen molar-refractivity contribution in [2.24, 2.45) is 5.73 Å². The molecule has 1 aliphatic rings. The van der Waals surface area contributed by atoms with Crippen molar-refractivity contribution in [1.29, 1.82) is 0 Å². The van der Waals surface area contributed by atoms with E-state index in [1.807, 2.05) is 0 Å². The van der Waals surface area contributed by atoms with Crippen LogP contribution in [0.4, 0.5) is 0 Å². The average Bonchev–Trinajstić information content (AvgIpc) is 2.96. The van der Waals surface area contributed by atoms with Crippen LogP contribution < -0.4 is 24.7 Å². The molecule has 9 heteroatoms. The van der Waals surface area contributed by atoms with Crippen LogP contribution >= 0.6 is 11.6 Å². The molecule has 0 atom stereocenters. The lowest BCUT2D eigenvalue weighted by Crippen LogP contribution is -2.20. The normalized spacial score (nSPS) is 12.6. The van der Waals surface area contributed by atoms with E-state index in [4.69, 9.17) is 41.0 Å². The summed E-state index contributed by atoms with van der Waals surface area (Å²) in [4.78, 5) is 23.3. The van der Waals surface area contributed by atoms with Gasteiger partial charge in [0.2, 0.25) is 0 Å². The zero-order chi connectivity index (χ0) is 20.8. The Labute approximate surface area is 172 Å². The van der Waals surface area contributed by atoms with Crippen LogP contribution in [0.1, 0.15) is 22.3 Å². The Hall–Kier alpha value is -3.13. The lowest BCUT2D eigenvalue weighted by atomic mass is 10.2. The summed E-state index contributed by atoms with van der Waals surface area (Å²) in [7, 11) is 1.42. The summed E-state index contributed by atoms with van der Waals surface area (Å²) < 4.78 is 27.0. The van der Waals surface area contributed by atoms with Crippen molar-refractivity contribution >= 4 is 23.5 Å². The maximum absolute atomic E-state index is 12.4. The van der Waals surface area contributed by atoms with Gasteiger partial charge in [-0.3, -0.25) is 4.79 Å². The van der Waals surface area contributed by atoms with Gasteiger partial charge in [0.25, 0.3) is 5.91 Å². The van der Waals surface area contributed by atoms with Gasteiger partial charge < -0.3 is 29.4 Å². The standard InChI is InChI=1S/C20H20ClNO7/c1-25-16-9-13(3-4-15(16)28-11-18(22)23)20(24)29-10-12-7-14(21)19-17(8-12)26-5-2-6-27-19/h3-4,7-9H,2,5-6,10-11H2,1H3,(H2,22,23). The Bertz CT molecular complexity index is 916. The number of ether oxygens (including phenoxy) is 5. The van der Waals surface area contributed by atoms with Crippen LogP contribution in [0.15, 0.2) is 30.3 Å². The fourth-order valence-electron chi connectivity index (χ4n) is 2.66. The number of carbonyl (C=O) groups is 2. The summed E-state index contributed by atoms with van der Waals surface area (Å²) in [5.41, 5.74) is 5.99. The molecule has 0 fully saturated rings. The van der Waals surface area contributed by atoms with E-state index >= 15 is 0 Å². The Balaban J connectivity index is 1.68. The molecule has 154 valence electrons. The van der Waals surface area contributed by atoms with Crippen LogP contribution in [-0.2, 0) is 16.1 Å². The van der Waals surface area contributed by atoms with Gasteiger partial charge in [0.05, 0.1) is 30.9 Å². The molecular formula is C20H20ClNO7. The van der Waals surface area contributed by atoms with Crippen molar-refractivity contribution < 1.29 is 33.3 Å². The van der Waals surface area contributed by atoms with Gasteiger partial charge in [0.15, 0.2) is 29.6 Å². The first-order chi connectivity index (χ1) is 14.0. The summed E-state index contributed by atoms with van der Waals surface area (Å²) in [6.07, 6.45) is 0.760. The van der Waals surface area contributed by atoms with E-state index in [0.717, 1.165) is 6.42 Å². The monoisotopic (exact) mass is 421 g/mol. The second kappa shape index (κ2) is 9.38. The van der Waals surface area contributed by atoms with Gasteiger partial charge in [0.1, 0.15) is 6.61 Å². The van der Waals surface area contributed by atoms with Crippen LogP contribution in [0, 0.1) is 0 Å². The molecule has 1 aliphatic heterocycles. The Kier molecular flexibility index (Phi) is 6.66. The summed E-state index contributed by atoms with van der Waals surface area (Å²) in [6.45, 7) is 0.751. The fraction of sp³-hybridized carbons (Fsp3) is 0.300. The Morgan fingerprint density at radius 1 is 1.14 bits per heavy atom. The quantitative estimate of drug-likeness (QED) is 0.685. The number of primary amides is 1. The third kappa shape index (κ3) is 5.23. The van der Waals surface area contributed by atoms with Gasteiger partial charge in [-0.05, 0) is 35.9 Å². The fourth-order valence-corrected chi connectivity index (χ4v) is 2.95. The number of halogens is 1. The van der Waals surface area contributed by atoms with Crippen LogP contribution in [0.5, 0.6) is 23.0 Å². The van der Waals surface area contributed by atoms with Gasteiger partial charge in [-0.25, -0.2) is 4.79 Å². The minimum atomic E-state index is -0.621. The van der Waals surface area contributed by atoms with Crippen LogP contribution in [-0.4, -0.2) is 38.8 Å². The highest BCUT2D eigenvalue weighted by molar-refractivity contribution is 6.32. The first kappa shape index (κ1) is 20.6. The second-order valence-electron chi connectivity index (χ2n) is 6.15. The topological polar surface area (TPSA) is 106 Å². The van der Waals surface area contributed by atoms with Crippen LogP contribution in [0.25, 0.3) is 0 Å². The largest absolute Gasteiger partial charge is 0.493 e. The number of amides is 1. The summed E-state index contributed by atoms with van der Waals surface area (Å²) in [5.74, 6) is 0.406. The van der Waals surface area contributed by atoms with Gasteiger partial charge >= 0.3 is 5.97 Å². The minimum absolute atomic E-state index is 0.00254. The average molecular weight is 422 g/mol. The SMILES string of the molecule is COc1cc(C(=O)OCc2cc(Cl)c3c(c2)OCCCO3)ccc1OCC(N)=O. The first-order valence-electron chi connectivity index (χ1n) is 8.82. The third-order valence-electron chi connectivity index (χ3n) is 4.00. The van der Waals surface area contributed by atoms with E-state index < -0.39 is 11.9 Å². The third-order valence-corrected chi connectivity index (χ3v) is 4.28.